The highest BCUT2D eigenvalue weighted by atomic mass is 35.5. The zero-order chi connectivity index (χ0) is 20.4. The topological polar surface area (TPSA) is 67.4 Å². The number of carbonyl (C=O) groups is 2. The average Bonchev–Trinajstić information content (AvgIpc) is 3.52. The average molecular weight is 409 g/mol. The van der Waals surface area contributed by atoms with Gasteiger partial charge < -0.3 is 15.4 Å². The summed E-state index contributed by atoms with van der Waals surface area (Å²) in [5, 5.41) is 8.17. The quantitative estimate of drug-likeness (QED) is 0.620. The second-order valence-corrected chi connectivity index (χ2v) is 7.68. The van der Waals surface area contributed by atoms with Crippen molar-refractivity contribution in [1.29, 1.82) is 0 Å². The second kappa shape index (κ2) is 8.13. The fraction of sp³-hybridized carbons (Fsp3) is 0.217. The number of hydrogen-bond donors (Lipinski definition) is 2. The van der Waals surface area contributed by atoms with E-state index in [2.05, 4.69) is 10.6 Å². The van der Waals surface area contributed by atoms with Gasteiger partial charge in [-0.05, 0) is 60.4 Å². The van der Waals surface area contributed by atoms with Gasteiger partial charge in [0.25, 0.3) is 11.8 Å². The lowest BCUT2D eigenvalue weighted by Crippen LogP contribution is -2.30. The van der Waals surface area contributed by atoms with Crippen LogP contribution in [0.2, 0.25) is 5.02 Å². The highest BCUT2D eigenvalue weighted by Gasteiger charge is 2.24. The molecule has 0 saturated heterocycles. The number of rotatable bonds is 6. The molecule has 1 saturated carbocycles. The third kappa shape index (κ3) is 4.69. The molecule has 29 heavy (non-hydrogen) atoms. The predicted octanol–water partition coefficient (Wildman–Crippen LogP) is 4.71. The molecule has 0 atom stereocenters. The summed E-state index contributed by atoms with van der Waals surface area (Å²) in [6.07, 6.45) is 2.02. The van der Waals surface area contributed by atoms with Gasteiger partial charge in [0.2, 0.25) is 0 Å². The minimum absolute atomic E-state index is 0.134. The third-order valence-corrected chi connectivity index (χ3v) is 5.08. The Morgan fingerprint density at radius 2 is 1.79 bits per heavy atom. The fourth-order valence-corrected chi connectivity index (χ4v) is 3.25. The Kier molecular flexibility index (Phi) is 5.41. The van der Waals surface area contributed by atoms with Crippen molar-refractivity contribution < 1.29 is 14.3 Å². The van der Waals surface area contributed by atoms with E-state index in [1.165, 1.54) is 0 Å². The molecular formula is C23H21ClN2O3. The van der Waals surface area contributed by atoms with E-state index in [1.807, 2.05) is 37.3 Å². The fourth-order valence-electron chi connectivity index (χ4n) is 3.08. The maximum absolute atomic E-state index is 13.0. The molecule has 4 rings (SSSR count). The number of ether oxygens (including phenoxy) is 1. The number of fused-ring (bicyclic) bond motifs is 1. The zero-order valence-corrected chi connectivity index (χ0v) is 16.8. The number of halogens is 1. The molecule has 3 aromatic rings. The van der Waals surface area contributed by atoms with Crippen LogP contribution in [0.4, 0.5) is 5.69 Å². The number of anilines is 1. The van der Waals surface area contributed by atoms with E-state index in [9.17, 15) is 9.59 Å². The molecule has 6 heteroatoms. The van der Waals surface area contributed by atoms with E-state index in [0.29, 0.717) is 22.0 Å². The van der Waals surface area contributed by atoms with Crippen molar-refractivity contribution in [3.05, 3.63) is 70.7 Å². The molecule has 0 heterocycles. The molecule has 1 aliphatic carbocycles. The van der Waals surface area contributed by atoms with Gasteiger partial charge in [-0.1, -0.05) is 41.9 Å². The number of aryl methyl sites for hydroxylation is 1. The molecule has 1 aliphatic rings. The lowest BCUT2D eigenvalue weighted by Gasteiger charge is -2.14. The molecule has 5 nitrogen and oxygen atoms in total. The molecular weight excluding hydrogens is 388 g/mol. The van der Waals surface area contributed by atoms with Crippen LogP contribution in [0, 0.1) is 6.92 Å². The van der Waals surface area contributed by atoms with E-state index in [0.717, 1.165) is 29.2 Å². The van der Waals surface area contributed by atoms with Crippen molar-refractivity contribution in [2.45, 2.75) is 25.8 Å². The normalized spacial score (nSPS) is 13.2. The summed E-state index contributed by atoms with van der Waals surface area (Å²) < 4.78 is 5.75. The molecule has 0 unspecified atom stereocenters. The smallest absolute Gasteiger partial charge is 0.259 e. The summed E-state index contributed by atoms with van der Waals surface area (Å²) >= 11 is 6.07. The highest BCUT2D eigenvalue weighted by Crippen LogP contribution is 2.28. The van der Waals surface area contributed by atoms with Gasteiger partial charge in [-0.3, -0.25) is 9.59 Å². The number of carbonyl (C=O) groups excluding carboxylic acids is 2. The maximum Gasteiger partial charge on any atom is 0.259 e. The van der Waals surface area contributed by atoms with E-state index in [1.54, 1.807) is 24.3 Å². The molecule has 0 aromatic heterocycles. The van der Waals surface area contributed by atoms with Crippen molar-refractivity contribution in [1.82, 2.24) is 5.32 Å². The third-order valence-electron chi connectivity index (χ3n) is 4.84. The molecule has 0 radical (unpaired) electrons. The first kappa shape index (κ1) is 19.3. The summed E-state index contributed by atoms with van der Waals surface area (Å²) in [7, 11) is 0. The Morgan fingerprint density at radius 3 is 2.52 bits per heavy atom. The molecule has 2 N–H and O–H groups in total. The lowest BCUT2D eigenvalue weighted by molar-refractivity contribution is -0.123. The Morgan fingerprint density at radius 1 is 1.07 bits per heavy atom. The van der Waals surface area contributed by atoms with Gasteiger partial charge in [-0.25, -0.2) is 0 Å². The van der Waals surface area contributed by atoms with Crippen LogP contribution in [-0.2, 0) is 4.79 Å². The molecule has 0 aliphatic heterocycles. The Bertz CT molecular complexity index is 1090. The standard InChI is InChI=1S/C23H21ClN2O3/c1-14-6-7-17(24)12-20(14)26-23(28)19-10-15-4-2-3-5-16(15)11-21(19)29-13-22(27)25-18-8-9-18/h2-7,10-12,18H,8-9,13H2,1H3,(H,25,27)(H,26,28). The van der Waals surface area contributed by atoms with Crippen molar-refractivity contribution in [3.63, 3.8) is 0 Å². The van der Waals surface area contributed by atoms with Gasteiger partial charge in [0.1, 0.15) is 5.75 Å². The van der Waals surface area contributed by atoms with Crippen LogP contribution in [0.5, 0.6) is 5.75 Å². The van der Waals surface area contributed by atoms with Crippen LogP contribution in [0.3, 0.4) is 0 Å². The molecule has 3 aromatic carbocycles. The van der Waals surface area contributed by atoms with Gasteiger partial charge in [0.15, 0.2) is 6.61 Å². The molecule has 0 spiro atoms. The summed E-state index contributed by atoms with van der Waals surface area (Å²) in [6, 6.07) is 16.9. The van der Waals surface area contributed by atoms with Crippen LogP contribution in [0.1, 0.15) is 28.8 Å². The molecule has 1 fully saturated rings. The number of hydrogen-bond acceptors (Lipinski definition) is 3. The Hall–Kier alpha value is -3.05. The summed E-state index contributed by atoms with van der Waals surface area (Å²) in [6.45, 7) is 1.76. The summed E-state index contributed by atoms with van der Waals surface area (Å²) in [5.41, 5.74) is 1.89. The first-order valence-electron chi connectivity index (χ1n) is 9.52. The molecule has 0 bridgehead atoms. The van der Waals surface area contributed by atoms with Crippen LogP contribution in [0.25, 0.3) is 10.8 Å². The largest absolute Gasteiger partial charge is 0.483 e. The van der Waals surface area contributed by atoms with Crippen LogP contribution < -0.4 is 15.4 Å². The van der Waals surface area contributed by atoms with Gasteiger partial charge in [-0.15, -0.1) is 0 Å². The first-order chi connectivity index (χ1) is 14.0. The van der Waals surface area contributed by atoms with Crippen LogP contribution in [0.15, 0.2) is 54.6 Å². The van der Waals surface area contributed by atoms with Crippen molar-refractivity contribution in [2.24, 2.45) is 0 Å². The van der Waals surface area contributed by atoms with E-state index >= 15 is 0 Å². The molecule has 2 amide bonds. The number of benzene rings is 3. The predicted molar refractivity (Wildman–Crippen MR) is 115 cm³/mol. The second-order valence-electron chi connectivity index (χ2n) is 7.24. The minimum Gasteiger partial charge on any atom is -0.483 e. The molecule has 148 valence electrons. The van der Waals surface area contributed by atoms with Crippen molar-refractivity contribution in [2.75, 3.05) is 11.9 Å². The van der Waals surface area contributed by atoms with Gasteiger partial charge in [0.05, 0.1) is 5.56 Å². The Balaban J connectivity index is 1.62. The van der Waals surface area contributed by atoms with Crippen LogP contribution in [-0.4, -0.2) is 24.5 Å². The van der Waals surface area contributed by atoms with Gasteiger partial charge >= 0.3 is 0 Å². The number of nitrogens with one attached hydrogen (secondary N) is 2. The SMILES string of the molecule is Cc1ccc(Cl)cc1NC(=O)c1cc2ccccc2cc1OCC(=O)NC1CC1. The van der Waals surface area contributed by atoms with E-state index in [-0.39, 0.29) is 24.5 Å². The maximum atomic E-state index is 13.0. The first-order valence-corrected chi connectivity index (χ1v) is 9.90. The van der Waals surface area contributed by atoms with Gasteiger partial charge in [0, 0.05) is 16.8 Å². The monoisotopic (exact) mass is 408 g/mol. The van der Waals surface area contributed by atoms with Crippen LogP contribution >= 0.6 is 11.6 Å². The van der Waals surface area contributed by atoms with Crippen molar-refractivity contribution in [3.8, 4) is 5.75 Å². The van der Waals surface area contributed by atoms with Crippen molar-refractivity contribution >= 4 is 39.9 Å². The highest BCUT2D eigenvalue weighted by molar-refractivity contribution is 6.31. The van der Waals surface area contributed by atoms with Gasteiger partial charge in [-0.2, -0.15) is 0 Å². The summed E-state index contributed by atoms with van der Waals surface area (Å²) in [4.78, 5) is 25.1. The Labute approximate surface area is 174 Å². The van der Waals surface area contributed by atoms with E-state index in [4.69, 9.17) is 16.3 Å². The summed E-state index contributed by atoms with van der Waals surface area (Å²) in [5.74, 6) is -0.136. The minimum atomic E-state index is -0.321. The lowest BCUT2D eigenvalue weighted by atomic mass is 10.0. The van der Waals surface area contributed by atoms with E-state index < -0.39 is 0 Å². The number of amides is 2. The zero-order valence-electron chi connectivity index (χ0n) is 16.0.